The molecule has 8 rings (SSSR count). The molecule has 0 radical (unpaired) electrons. The third kappa shape index (κ3) is 5.94. The number of carbonyl (C=O) groups is 1. The van der Waals surface area contributed by atoms with E-state index in [0.29, 0.717) is 37.0 Å². The van der Waals surface area contributed by atoms with Crippen LogP contribution in [0.2, 0.25) is 18.6 Å². The number of hydrogen-bond donors (Lipinski definition) is 1. The molecule has 11 nitrogen and oxygen atoms in total. The normalized spacial score (nSPS) is 20.9. The maximum atomic E-state index is 15.3. The first-order valence-electron chi connectivity index (χ1n) is 18.5. The molecule has 276 valence electrons. The lowest BCUT2D eigenvalue weighted by atomic mass is 9.82. The second kappa shape index (κ2) is 14.1. The zero-order chi connectivity index (χ0) is 37.6. The molecule has 4 atom stereocenters. The second-order valence-electron chi connectivity index (χ2n) is 14.9. The summed E-state index contributed by atoms with van der Waals surface area (Å²) >= 11 is 0. The van der Waals surface area contributed by atoms with E-state index in [9.17, 15) is 9.90 Å². The van der Waals surface area contributed by atoms with Crippen LogP contribution < -0.4 is 20.4 Å². The van der Waals surface area contributed by atoms with Crippen molar-refractivity contribution >= 4 is 35.6 Å². The highest BCUT2D eigenvalue weighted by atomic mass is 28.3. The fraction of sp³-hybridized carbons (Fsp3) is 0.310. The van der Waals surface area contributed by atoms with Gasteiger partial charge in [-0.05, 0) is 53.9 Å². The molecule has 1 N–H and O–H groups in total. The van der Waals surface area contributed by atoms with Crippen LogP contribution in [0.15, 0.2) is 114 Å². The molecule has 0 bridgehead atoms. The first-order chi connectivity index (χ1) is 26.1. The minimum atomic E-state index is -2.41. The predicted octanol–water partition coefficient (Wildman–Crippen LogP) is 5.37. The largest absolute Gasteiger partial charge is 0.497 e. The number of aromatic nitrogens is 5. The number of rotatable bonds is 11. The number of anilines is 1. The van der Waals surface area contributed by atoms with E-state index in [4.69, 9.17) is 9.47 Å². The molecule has 0 unspecified atom stereocenters. The highest BCUT2D eigenvalue weighted by Gasteiger charge is 2.66. The average Bonchev–Trinajstić information content (AvgIpc) is 3.84. The van der Waals surface area contributed by atoms with E-state index in [2.05, 4.69) is 47.6 Å². The van der Waals surface area contributed by atoms with Gasteiger partial charge in [0.1, 0.15) is 5.75 Å². The Kier molecular flexibility index (Phi) is 9.28. The van der Waals surface area contributed by atoms with Crippen LogP contribution in [0.25, 0.3) is 16.5 Å². The van der Waals surface area contributed by atoms with E-state index in [-0.39, 0.29) is 35.6 Å². The van der Waals surface area contributed by atoms with Crippen molar-refractivity contribution in [3.8, 4) is 11.4 Å². The predicted molar refractivity (Wildman–Crippen MR) is 210 cm³/mol. The zero-order valence-corrected chi connectivity index (χ0v) is 31.9. The summed E-state index contributed by atoms with van der Waals surface area (Å²) in [6.45, 7) is 7.78. The molecule has 4 heterocycles. The number of aliphatic hydroxyl groups is 1. The smallest absolute Gasteiger partial charge is 0.279 e. The van der Waals surface area contributed by atoms with Gasteiger partial charge in [0.25, 0.3) is 11.5 Å². The van der Waals surface area contributed by atoms with Crippen molar-refractivity contribution in [1.82, 2.24) is 24.8 Å². The van der Waals surface area contributed by atoms with E-state index >= 15 is 4.79 Å². The molecule has 12 heteroatoms. The van der Waals surface area contributed by atoms with Gasteiger partial charge in [-0.25, -0.2) is 0 Å². The molecule has 0 saturated carbocycles. The van der Waals surface area contributed by atoms with Gasteiger partial charge in [-0.2, -0.15) is 9.78 Å². The number of carbonyl (C=O) groups excluding carboxylic acids is 1. The highest BCUT2D eigenvalue weighted by Crippen LogP contribution is 2.60. The van der Waals surface area contributed by atoms with E-state index in [1.54, 1.807) is 24.1 Å². The van der Waals surface area contributed by atoms with Crippen molar-refractivity contribution in [1.29, 1.82) is 0 Å². The maximum Gasteiger partial charge on any atom is 0.279 e. The molecule has 4 aromatic carbocycles. The molecule has 54 heavy (non-hydrogen) atoms. The Morgan fingerprint density at radius 3 is 2.48 bits per heavy atom. The number of methoxy groups -OCH3 is 1. The van der Waals surface area contributed by atoms with Crippen molar-refractivity contribution in [2.24, 2.45) is 5.92 Å². The van der Waals surface area contributed by atoms with Crippen molar-refractivity contribution in [3.05, 3.63) is 137 Å². The Labute approximate surface area is 314 Å². The number of ether oxygens (including phenoxy) is 2. The molecule has 0 aliphatic carbocycles. The van der Waals surface area contributed by atoms with Crippen LogP contribution in [0.5, 0.6) is 5.75 Å². The van der Waals surface area contributed by atoms with Crippen LogP contribution in [0.1, 0.15) is 30.2 Å². The quantitative estimate of drug-likeness (QED) is 0.176. The summed E-state index contributed by atoms with van der Waals surface area (Å²) in [6, 6.07) is 31.5. The Balaban J connectivity index is 1.27. The van der Waals surface area contributed by atoms with Gasteiger partial charge in [-0.3, -0.25) is 14.3 Å². The van der Waals surface area contributed by atoms with Crippen LogP contribution in [0, 0.1) is 5.92 Å². The third-order valence-corrected chi connectivity index (χ3v) is 15.9. The molecular weight excluding hydrogens is 697 g/mol. The molecule has 1 spiro atoms. The van der Waals surface area contributed by atoms with Gasteiger partial charge >= 0.3 is 0 Å². The lowest BCUT2D eigenvalue weighted by molar-refractivity contribution is -0.146. The molecule has 6 aromatic rings. The van der Waals surface area contributed by atoms with Gasteiger partial charge in [-0.15, -0.1) is 5.10 Å². The van der Waals surface area contributed by atoms with Gasteiger partial charge in [0.2, 0.25) is 0 Å². The van der Waals surface area contributed by atoms with Crippen molar-refractivity contribution in [2.75, 3.05) is 18.6 Å². The van der Waals surface area contributed by atoms with Crippen molar-refractivity contribution in [3.63, 3.8) is 0 Å². The first-order valence-corrected chi connectivity index (χ1v) is 21.5. The summed E-state index contributed by atoms with van der Waals surface area (Å²) in [5.41, 5.74) is 2.25. The van der Waals surface area contributed by atoms with Crippen LogP contribution in [0.3, 0.4) is 0 Å². The summed E-state index contributed by atoms with van der Waals surface area (Å²) in [5, 5.41) is 25.2. The van der Waals surface area contributed by atoms with Gasteiger partial charge in [0, 0.05) is 42.6 Å². The lowest BCUT2D eigenvalue weighted by Gasteiger charge is -2.37. The lowest BCUT2D eigenvalue weighted by Crippen LogP contribution is -2.51. The van der Waals surface area contributed by atoms with Crippen molar-refractivity contribution < 1.29 is 19.4 Å². The van der Waals surface area contributed by atoms with Crippen molar-refractivity contribution in [2.45, 2.75) is 63.2 Å². The highest BCUT2D eigenvalue weighted by molar-refractivity contribution is 6.91. The minimum absolute atomic E-state index is 0.00196. The molecule has 2 aliphatic heterocycles. The fourth-order valence-electron chi connectivity index (χ4n) is 8.84. The Bertz CT molecular complexity index is 2380. The standard InChI is InChI=1S/C42H44N6O5Si/c1-28-39(54(3,4)34-17-15-33(52-2)16-18-34)38(20-22-46-27-31(21-23-49)44-45-46)53-42(28)36-24-32(48-40(50)35-13-9-8-12-30(35)25-43-48)14-19-37(36)47(41(42)51)26-29-10-6-5-7-11-29/h5-19,24-25,27-28,38-39,49H,20-23,26H2,1-4H3/t28-,38+,39-,42+/m0/s1. The molecule has 2 aliphatic rings. The summed E-state index contributed by atoms with van der Waals surface area (Å²) in [6.07, 6.45) is 4.28. The number of aryl methyl sites for hydroxylation is 1. The molecule has 2 aromatic heterocycles. The average molecular weight is 741 g/mol. The molecular formula is C42H44N6O5Si. The number of benzene rings is 4. The summed E-state index contributed by atoms with van der Waals surface area (Å²) in [5.74, 6) is 0.442. The Morgan fingerprint density at radius 1 is 0.963 bits per heavy atom. The molecule has 1 saturated heterocycles. The van der Waals surface area contributed by atoms with Crippen LogP contribution in [-0.2, 0) is 34.6 Å². The summed E-state index contributed by atoms with van der Waals surface area (Å²) < 4.78 is 16.1. The van der Waals surface area contributed by atoms with E-state index < -0.39 is 13.7 Å². The number of amides is 1. The molecule has 1 amide bonds. The second-order valence-corrected chi connectivity index (χ2v) is 19.6. The minimum Gasteiger partial charge on any atom is -0.497 e. The summed E-state index contributed by atoms with van der Waals surface area (Å²) in [7, 11) is -0.741. The Morgan fingerprint density at radius 2 is 1.72 bits per heavy atom. The van der Waals surface area contributed by atoms with Crippen LogP contribution in [-0.4, -0.2) is 63.7 Å². The number of nitrogens with zero attached hydrogens (tertiary/aromatic N) is 6. The van der Waals surface area contributed by atoms with E-state index in [1.165, 1.54) is 9.87 Å². The number of aliphatic hydroxyl groups excluding tert-OH is 1. The zero-order valence-electron chi connectivity index (χ0n) is 30.9. The van der Waals surface area contributed by atoms with E-state index in [0.717, 1.165) is 33.6 Å². The SMILES string of the molecule is COc1ccc([Si](C)(C)[C@@H]2[C@@H](CCn3cc(CCO)nn3)O[C@]3(C(=O)N(Cc4ccccc4)c4ccc(-n5ncc6ccccc6c5=O)cc43)[C@H]2C)cc1. The van der Waals surface area contributed by atoms with Crippen LogP contribution >= 0.6 is 0 Å². The maximum absolute atomic E-state index is 15.3. The first kappa shape index (κ1) is 35.6. The van der Waals surface area contributed by atoms with Gasteiger partial charge in [0.15, 0.2) is 5.60 Å². The van der Waals surface area contributed by atoms with Crippen LogP contribution in [0.4, 0.5) is 5.69 Å². The van der Waals surface area contributed by atoms with E-state index in [1.807, 2.05) is 90.0 Å². The van der Waals surface area contributed by atoms with Gasteiger partial charge in [-0.1, -0.05) is 91.1 Å². The number of fused-ring (bicyclic) bond motifs is 3. The Hall–Kier alpha value is -5.43. The number of hydrogen-bond acceptors (Lipinski definition) is 8. The monoisotopic (exact) mass is 740 g/mol. The fourth-order valence-corrected chi connectivity index (χ4v) is 12.9. The topological polar surface area (TPSA) is 125 Å². The van der Waals surface area contributed by atoms with Gasteiger partial charge in [0.05, 0.1) is 56.5 Å². The third-order valence-electron chi connectivity index (χ3n) is 11.5. The summed E-state index contributed by atoms with van der Waals surface area (Å²) in [4.78, 5) is 31.0. The molecule has 1 fully saturated rings. The van der Waals surface area contributed by atoms with Gasteiger partial charge < -0.3 is 19.5 Å².